The normalized spacial score (nSPS) is 23.6. The standard InChI is InChI=1S/C14H19N3O7S/c15-7(13(21)22)2-1-3-8(19)16-12-6(5-18)11(14(23)24)17-9(20)4-10(17)25-12/h7,10,12,18H,1-5,15H2,(H,16,19)(H,21,22)(H,23,24)/t7-,10-,12?/m1/s1. The first-order chi connectivity index (χ1) is 11.8. The number of thioether (sulfide) groups is 1. The van der Waals surface area contributed by atoms with Crippen molar-refractivity contribution in [2.45, 2.75) is 42.5 Å². The summed E-state index contributed by atoms with van der Waals surface area (Å²) in [6.45, 7) is -0.611. The van der Waals surface area contributed by atoms with Gasteiger partial charge in [-0.3, -0.25) is 19.3 Å². The first-order valence-corrected chi connectivity index (χ1v) is 8.53. The molecule has 2 aliphatic rings. The largest absolute Gasteiger partial charge is 0.480 e. The van der Waals surface area contributed by atoms with Gasteiger partial charge in [0.1, 0.15) is 17.1 Å². The van der Waals surface area contributed by atoms with E-state index in [4.69, 9.17) is 10.8 Å². The van der Waals surface area contributed by atoms with Crippen molar-refractivity contribution in [2.24, 2.45) is 5.73 Å². The lowest BCUT2D eigenvalue weighted by Gasteiger charge is -2.46. The predicted octanol–water partition coefficient (Wildman–Crippen LogP) is -1.35. The van der Waals surface area contributed by atoms with Crippen molar-refractivity contribution in [3.8, 4) is 0 Å². The molecule has 2 amide bonds. The Hall–Kier alpha value is -2.11. The van der Waals surface area contributed by atoms with Gasteiger partial charge in [-0.1, -0.05) is 0 Å². The number of carboxylic acid groups (broad SMARTS) is 2. The minimum atomic E-state index is -1.34. The van der Waals surface area contributed by atoms with Gasteiger partial charge in [0.15, 0.2) is 0 Å². The summed E-state index contributed by atoms with van der Waals surface area (Å²) in [6.07, 6.45) is 0.579. The maximum Gasteiger partial charge on any atom is 0.352 e. The van der Waals surface area contributed by atoms with Crippen LogP contribution in [-0.2, 0) is 19.2 Å². The number of hydrogen-bond acceptors (Lipinski definition) is 7. The molecule has 25 heavy (non-hydrogen) atoms. The molecule has 3 atom stereocenters. The van der Waals surface area contributed by atoms with Crippen LogP contribution in [0.5, 0.6) is 0 Å². The minimum Gasteiger partial charge on any atom is -0.480 e. The van der Waals surface area contributed by atoms with Gasteiger partial charge in [-0.25, -0.2) is 4.79 Å². The molecule has 1 fully saturated rings. The highest BCUT2D eigenvalue weighted by atomic mass is 32.2. The Morgan fingerprint density at radius 2 is 2.04 bits per heavy atom. The molecule has 2 aliphatic heterocycles. The van der Waals surface area contributed by atoms with E-state index in [0.717, 1.165) is 4.90 Å². The van der Waals surface area contributed by atoms with E-state index in [2.05, 4.69) is 5.32 Å². The maximum absolute atomic E-state index is 12.0. The monoisotopic (exact) mass is 373 g/mol. The van der Waals surface area contributed by atoms with Gasteiger partial charge < -0.3 is 26.4 Å². The fraction of sp³-hybridized carbons (Fsp3) is 0.571. The van der Waals surface area contributed by atoms with Gasteiger partial charge in [-0.15, -0.1) is 11.8 Å². The van der Waals surface area contributed by atoms with Crippen molar-refractivity contribution in [3.63, 3.8) is 0 Å². The summed E-state index contributed by atoms with van der Waals surface area (Å²) in [7, 11) is 0. The van der Waals surface area contributed by atoms with Crippen molar-refractivity contribution >= 4 is 35.5 Å². The molecule has 0 aromatic heterocycles. The molecular weight excluding hydrogens is 354 g/mol. The van der Waals surface area contributed by atoms with Crippen LogP contribution in [0, 0.1) is 0 Å². The molecule has 1 saturated heterocycles. The van der Waals surface area contributed by atoms with Gasteiger partial charge in [0.05, 0.1) is 18.4 Å². The van der Waals surface area contributed by atoms with Crippen molar-refractivity contribution in [1.29, 1.82) is 0 Å². The van der Waals surface area contributed by atoms with Crippen LogP contribution >= 0.6 is 11.8 Å². The second-order valence-corrected chi connectivity index (χ2v) is 6.97. The van der Waals surface area contributed by atoms with E-state index < -0.39 is 35.9 Å². The molecule has 0 spiro atoms. The van der Waals surface area contributed by atoms with E-state index >= 15 is 0 Å². The average Bonchev–Trinajstić information content (AvgIpc) is 2.52. The summed E-state index contributed by atoms with van der Waals surface area (Å²) in [6, 6.07) is -1.04. The fourth-order valence-electron chi connectivity index (χ4n) is 2.63. The average molecular weight is 373 g/mol. The molecule has 0 aromatic rings. The van der Waals surface area contributed by atoms with E-state index in [1.54, 1.807) is 0 Å². The number of carbonyl (C=O) groups is 4. The number of nitrogens with zero attached hydrogens (tertiary/aromatic N) is 1. The van der Waals surface area contributed by atoms with Crippen molar-refractivity contribution < 1.29 is 34.5 Å². The molecule has 0 aromatic carbocycles. The molecule has 2 heterocycles. The zero-order valence-electron chi connectivity index (χ0n) is 13.2. The Kier molecular flexibility index (Phi) is 6.03. The summed E-state index contributed by atoms with van der Waals surface area (Å²) >= 11 is 1.18. The molecule has 2 rings (SSSR count). The highest BCUT2D eigenvalue weighted by Gasteiger charge is 2.48. The number of amides is 2. The van der Waals surface area contributed by atoms with Gasteiger partial charge in [-0.05, 0) is 12.8 Å². The second-order valence-electron chi connectivity index (χ2n) is 5.68. The lowest BCUT2D eigenvalue weighted by Crippen LogP contribution is -2.57. The molecule has 10 nitrogen and oxygen atoms in total. The zero-order valence-corrected chi connectivity index (χ0v) is 14.0. The van der Waals surface area contributed by atoms with E-state index in [9.17, 15) is 29.4 Å². The summed E-state index contributed by atoms with van der Waals surface area (Å²) in [5.74, 6) is -3.23. The molecule has 0 radical (unpaired) electrons. The van der Waals surface area contributed by atoms with Gasteiger partial charge >= 0.3 is 11.9 Å². The van der Waals surface area contributed by atoms with Crippen LogP contribution in [0.1, 0.15) is 25.7 Å². The van der Waals surface area contributed by atoms with Crippen molar-refractivity contribution in [2.75, 3.05) is 6.61 Å². The van der Waals surface area contributed by atoms with Crippen LogP contribution in [0.2, 0.25) is 0 Å². The summed E-state index contributed by atoms with van der Waals surface area (Å²) in [5, 5.41) is 29.0. The highest BCUT2D eigenvalue weighted by Crippen LogP contribution is 2.42. The lowest BCUT2D eigenvalue weighted by atomic mass is 10.1. The van der Waals surface area contributed by atoms with Crippen LogP contribution in [-0.4, -0.2) is 67.4 Å². The summed E-state index contributed by atoms with van der Waals surface area (Å²) < 4.78 is 0. The number of aliphatic hydroxyl groups is 1. The van der Waals surface area contributed by atoms with Crippen LogP contribution in [0.15, 0.2) is 11.3 Å². The van der Waals surface area contributed by atoms with E-state index in [-0.39, 0.29) is 48.2 Å². The third-order valence-corrected chi connectivity index (χ3v) is 5.33. The maximum atomic E-state index is 12.0. The highest BCUT2D eigenvalue weighted by molar-refractivity contribution is 8.00. The van der Waals surface area contributed by atoms with Gasteiger partial charge in [-0.2, -0.15) is 0 Å². The quantitative estimate of drug-likeness (QED) is 0.323. The number of nitrogens with two attached hydrogens (primary N) is 1. The fourth-order valence-corrected chi connectivity index (χ4v) is 4.07. The topological polar surface area (TPSA) is 170 Å². The van der Waals surface area contributed by atoms with E-state index in [1.165, 1.54) is 11.8 Å². The Balaban J connectivity index is 2.02. The van der Waals surface area contributed by atoms with Crippen molar-refractivity contribution in [3.05, 3.63) is 11.3 Å². The lowest BCUT2D eigenvalue weighted by molar-refractivity contribution is -0.146. The Bertz CT molecular complexity index is 636. The van der Waals surface area contributed by atoms with Crippen molar-refractivity contribution in [1.82, 2.24) is 10.2 Å². The third kappa shape index (κ3) is 4.11. The number of fused-ring (bicyclic) bond motifs is 1. The number of nitrogens with one attached hydrogen (secondary N) is 1. The van der Waals surface area contributed by atoms with Gasteiger partial charge in [0.2, 0.25) is 11.8 Å². The van der Waals surface area contributed by atoms with Crippen LogP contribution in [0.25, 0.3) is 0 Å². The van der Waals surface area contributed by atoms with Gasteiger partial charge in [0, 0.05) is 12.0 Å². The van der Waals surface area contributed by atoms with Crippen LogP contribution in [0.4, 0.5) is 0 Å². The number of β-lactam (4-membered cyclic amide) rings is 1. The SMILES string of the molecule is N[C@H](CCCC(=O)NC1S[C@@H]2CC(=O)N2C(C(=O)O)=C1CO)C(=O)O. The number of aliphatic carboxylic acids is 2. The number of aliphatic hydroxyl groups excluding tert-OH is 1. The minimum absolute atomic E-state index is 0.0203. The number of carboxylic acids is 2. The van der Waals surface area contributed by atoms with Gasteiger partial charge in [0.25, 0.3) is 0 Å². The first kappa shape index (κ1) is 19.2. The Morgan fingerprint density at radius 1 is 1.36 bits per heavy atom. The molecule has 0 bridgehead atoms. The smallest absolute Gasteiger partial charge is 0.352 e. The van der Waals surface area contributed by atoms with Crippen LogP contribution in [0.3, 0.4) is 0 Å². The first-order valence-electron chi connectivity index (χ1n) is 7.58. The molecule has 1 unspecified atom stereocenters. The number of carbonyl (C=O) groups excluding carboxylic acids is 2. The molecule has 138 valence electrons. The summed E-state index contributed by atoms with van der Waals surface area (Å²) in [5.41, 5.74) is 5.12. The molecule has 0 saturated carbocycles. The number of rotatable bonds is 8. The predicted molar refractivity (Wildman–Crippen MR) is 86.0 cm³/mol. The van der Waals surface area contributed by atoms with E-state index in [0.29, 0.717) is 0 Å². The molecule has 6 N–H and O–H groups in total. The number of hydrogen-bond donors (Lipinski definition) is 5. The Morgan fingerprint density at radius 3 is 2.56 bits per heavy atom. The summed E-state index contributed by atoms with van der Waals surface area (Å²) in [4.78, 5) is 46.8. The van der Waals surface area contributed by atoms with E-state index in [1.807, 2.05) is 0 Å². The molecule has 0 aliphatic carbocycles. The molecular formula is C14H19N3O7S. The third-order valence-electron chi connectivity index (χ3n) is 3.96. The second kappa shape index (κ2) is 7.85. The molecule has 11 heteroatoms. The Labute approximate surface area is 147 Å². The zero-order chi connectivity index (χ0) is 18.7. The van der Waals surface area contributed by atoms with Crippen LogP contribution < -0.4 is 11.1 Å².